The molecule has 1 aliphatic carbocycles. The molecule has 0 bridgehead atoms. The highest BCUT2D eigenvalue weighted by atomic mass is 32.2. The minimum absolute atomic E-state index is 0.219. The molecule has 1 saturated heterocycles. The van der Waals surface area contributed by atoms with Gasteiger partial charge in [0.2, 0.25) is 10.0 Å². The van der Waals surface area contributed by atoms with Gasteiger partial charge in [-0.1, -0.05) is 30.3 Å². The van der Waals surface area contributed by atoms with Crippen molar-refractivity contribution in [2.45, 2.75) is 30.2 Å². The first-order valence-electron chi connectivity index (χ1n) is 11.1. The van der Waals surface area contributed by atoms with Gasteiger partial charge < -0.3 is 10.1 Å². The van der Waals surface area contributed by atoms with E-state index < -0.39 is 10.0 Å². The molecule has 9 heteroatoms. The molecule has 0 unspecified atom stereocenters. The van der Waals surface area contributed by atoms with Gasteiger partial charge in [-0.3, -0.25) is 4.79 Å². The molecule has 172 valence electrons. The Morgan fingerprint density at radius 3 is 2.39 bits per heavy atom. The standard InChI is InChI=1S/C24H26N4O4S/c29-24(23-16-22(19-8-9-19)26-28(23)20-4-2-1-3-5-20)25-17-18-6-10-21(11-7-18)33(30,31)27-12-14-32-15-13-27/h1-7,10-11,16,19H,8-9,12-15,17H2,(H,25,29). The lowest BCUT2D eigenvalue weighted by Gasteiger charge is -2.26. The second kappa shape index (κ2) is 9.09. The third kappa shape index (κ3) is 4.71. The molecule has 2 fully saturated rings. The van der Waals surface area contributed by atoms with Crippen molar-refractivity contribution in [3.05, 3.63) is 77.6 Å². The molecular formula is C24H26N4O4S. The summed E-state index contributed by atoms with van der Waals surface area (Å²) in [6, 6.07) is 18.1. The summed E-state index contributed by atoms with van der Waals surface area (Å²) >= 11 is 0. The van der Waals surface area contributed by atoms with Gasteiger partial charge in [0.1, 0.15) is 5.69 Å². The highest BCUT2D eigenvalue weighted by Gasteiger charge is 2.29. The van der Waals surface area contributed by atoms with Crippen molar-refractivity contribution in [3.63, 3.8) is 0 Å². The van der Waals surface area contributed by atoms with Crippen LogP contribution >= 0.6 is 0 Å². The summed E-state index contributed by atoms with van der Waals surface area (Å²) in [5.41, 5.74) is 3.10. The van der Waals surface area contributed by atoms with Crippen LogP contribution in [0.4, 0.5) is 0 Å². The largest absolute Gasteiger partial charge is 0.379 e. The van der Waals surface area contributed by atoms with Gasteiger partial charge in [-0.15, -0.1) is 0 Å². The fraction of sp³-hybridized carbons (Fsp3) is 0.333. The summed E-state index contributed by atoms with van der Waals surface area (Å²) in [6.45, 7) is 1.82. The van der Waals surface area contributed by atoms with Crippen molar-refractivity contribution in [3.8, 4) is 5.69 Å². The van der Waals surface area contributed by atoms with Crippen LogP contribution in [0.1, 0.15) is 40.5 Å². The molecule has 2 aliphatic rings. The number of nitrogens with zero attached hydrogens (tertiary/aromatic N) is 3. The minimum Gasteiger partial charge on any atom is -0.379 e. The van der Waals surface area contributed by atoms with E-state index in [4.69, 9.17) is 4.74 Å². The average molecular weight is 467 g/mol. The van der Waals surface area contributed by atoms with Crippen LogP contribution in [0.25, 0.3) is 5.69 Å². The zero-order valence-corrected chi connectivity index (χ0v) is 19.0. The maximum Gasteiger partial charge on any atom is 0.270 e. The summed E-state index contributed by atoms with van der Waals surface area (Å²) in [5.74, 6) is 0.214. The minimum atomic E-state index is -3.53. The van der Waals surface area contributed by atoms with Crippen LogP contribution in [-0.4, -0.2) is 54.7 Å². The Hall–Kier alpha value is -3.01. The number of sulfonamides is 1. The van der Waals surface area contributed by atoms with Crippen LogP contribution in [0.2, 0.25) is 0 Å². The lowest BCUT2D eigenvalue weighted by Crippen LogP contribution is -2.40. The van der Waals surface area contributed by atoms with Crippen LogP contribution in [0.15, 0.2) is 65.6 Å². The molecule has 1 saturated carbocycles. The molecule has 0 atom stereocenters. The first kappa shape index (κ1) is 21.8. The number of ether oxygens (including phenoxy) is 1. The Morgan fingerprint density at radius 1 is 1.03 bits per heavy atom. The fourth-order valence-electron chi connectivity index (χ4n) is 3.89. The number of carbonyl (C=O) groups excluding carboxylic acids is 1. The summed E-state index contributed by atoms with van der Waals surface area (Å²) in [5, 5.41) is 7.62. The number of amides is 1. The number of aromatic nitrogens is 2. The molecule has 3 aromatic rings. The Balaban J connectivity index is 1.29. The zero-order valence-electron chi connectivity index (χ0n) is 18.2. The van der Waals surface area contributed by atoms with Crippen molar-refractivity contribution in [1.29, 1.82) is 0 Å². The Bertz CT molecular complexity index is 1230. The van der Waals surface area contributed by atoms with Crippen LogP contribution in [0.5, 0.6) is 0 Å². The van der Waals surface area contributed by atoms with E-state index in [1.807, 2.05) is 36.4 Å². The maximum absolute atomic E-state index is 13.0. The van der Waals surface area contributed by atoms with E-state index in [0.717, 1.165) is 29.8 Å². The SMILES string of the molecule is O=C(NCc1ccc(S(=O)(=O)N2CCOCC2)cc1)c1cc(C2CC2)nn1-c1ccccc1. The number of morpholine rings is 1. The van der Waals surface area contributed by atoms with Crippen molar-refractivity contribution in [2.24, 2.45) is 0 Å². The molecule has 0 radical (unpaired) electrons. The molecule has 2 aromatic carbocycles. The predicted octanol–water partition coefficient (Wildman–Crippen LogP) is 2.70. The van der Waals surface area contributed by atoms with E-state index in [2.05, 4.69) is 10.4 Å². The highest BCUT2D eigenvalue weighted by Crippen LogP contribution is 2.39. The summed E-state index contributed by atoms with van der Waals surface area (Å²) in [4.78, 5) is 13.3. The molecule has 5 rings (SSSR count). The quantitative estimate of drug-likeness (QED) is 0.578. The van der Waals surface area contributed by atoms with Crippen molar-refractivity contribution in [2.75, 3.05) is 26.3 Å². The third-order valence-corrected chi connectivity index (χ3v) is 7.85. The summed E-state index contributed by atoms with van der Waals surface area (Å²) in [7, 11) is -3.53. The number of rotatable bonds is 7. The zero-order chi connectivity index (χ0) is 22.8. The first-order valence-corrected chi connectivity index (χ1v) is 12.6. The summed E-state index contributed by atoms with van der Waals surface area (Å²) < 4.78 is 33.9. The first-order chi connectivity index (χ1) is 16.0. The Labute approximate surface area is 193 Å². The lowest BCUT2D eigenvalue weighted by atomic mass is 10.2. The number of hydrogen-bond acceptors (Lipinski definition) is 5. The van der Waals surface area contributed by atoms with Crippen LogP contribution in [0, 0.1) is 0 Å². The summed E-state index contributed by atoms with van der Waals surface area (Å²) in [6.07, 6.45) is 2.21. The van der Waals surface area contributed by atoms with Gasteiger partial charge in [0.15, 0.2) is 0 Å². The van der Waals surface area contributed by atoms with Gasteiger partial charge in [-0.25, -0.2) is 13.1 Å². The molecule has 2 heterocycles. The van der Waals surface area contributed by atoms with Gasteiger partial charge in [0.25, 0.3) is 5.91 Å². The van der Waals surface area contributed by atoms with Gasteiger partial charge in [-0.2, -0.15) is 9.40 Å². The van der Waals surface area contributed by atoms with Gasteiger partial charge >= 0.3 is 0 Å². The number of hydrogen-bond donors (Lipinski definition) is 1. The molecule has 0 spiro atoms. The van der Waals surface area contributed by atoms with E-state index in [0.29, 0.717) is 37.9 Å². The third-order valence-electron chi connectivity index (χ3n) is 5.94. The molecule has 1 aromatic heterocycles. The van der Waals surface area contributed by atoms with E-state index in [1.165, 1.54) is 4.31 Å². The fourth-order valence-corrected chi connectivity index (χ4v) is 5.30. The molecular weight excluding hydrogens is 440 g/mol. The van der Waals surface area contributed by atoms with Crippen molar-refractivity contribution < 1.29 is 17.9 Å². The highest BCUT2D eigenvalue weighted by molar-refractivity contribution is 7.89. The molecule has 1 N–H and O–H groups in total. The Morgan fingerprint density at radius 2 is 1.73 bits per heavy atom. The van der Waals surface area contributed by atoms with Gasteiger partial charge in [0, 0.05) is 25.6 Å². The van der Waals surface area contributed by atoms with Crippen molar-refractivity contribution >= 4 is 15.9 Å². The average Bonchev–Trinajstić information content (AvgIpc) is 3.62. The Kier molecular flexibility index (Phi) is 6.01. The van der Waals surface area contributed by atoms with E-state index >= 15 is 0 Å². The van der Waals surface area contributed by atoms with Gasteiger partial charge in [0.05, 0.1) is 29.5 Å². The maximum atomic E-state index is 13.0. The van der Waals surface area contributed by atoms with Gasteiger partial charge in [-0.05, 0) is 48.7 Å². The monoisotopic (exact) mass is 466 g/mol. The lowest BCUT2D eigenvalue weighted by molar-refractivity contribution is 0.0730. The number of benzene rings is 2. The second-order valence-electron chi connectivity index (χ2n) is 8.32. The topological polar surface area (TPSA) is 93.5 Å². The van der Waals surface area contributed by atoms with Crippen LogP contribution in [0.3, 0.4) is 0 Å². The number of carbonyl (C=O) groups is 1. The second-order valence-corrected chi connectivity index (χ2v) is 10.3. The molecule has 8 nitrogen and oxygen atoms in total. The van der Waals surface area contributed by atoms with E-state index in [1.54, 1.807) is 28.9 Å². The molecule has 1 amide bonds. The smallest absolute Gasteiger partial charge is 0.270 e. The van der Waals surface area contributed by atoms with E-state index in [9.17, 15) is 13.2 Å². The number of para-hydroxylation sites is 1. The van der Waals surface area contributed by atoms with Crippen LogP contribution in [-0.2, 0) is 21.3 Å². The predicted molar refractivity (Wildman–Crippen MR) is 123 cm³/mol. The van der Waals surface area contributed by atoms with E-state index in [-0.39, 0.29) is 17.3 Å². The van der Waals surface area contributed by atoms with Crippen LogP contribution < -0.4 is 5.32 Å². The molecule has 1 aliphatic heterocycles. The molecule has 33 heavy (non-hydrogen) atoms. The number of nitrogens with one attached hydrogen (secondary N) is 1. The van der Waals surface area contributed by atoms with Crippen molar-refractivity contribution in [1.82, 2.24) is 19.4 Å². The normalized spacial score (nSPS) is 17.1.